The summed E-state index contributed by atoms with van der Waals surface area (Å²) in [5, 5.41) is 8.26. The van der Waals surface area contributed by atoms with Gasteiger partial charge in [0.1, 0.15) is 12.6 Å². The molecule has 0 spiro atoms. The van der Waals surface area contributed by atoms with E-state index in [0.717, 1.165) is 12.1 Å². The van der Waals surface area contributed by atoms with Crippen molar-refractivity contribution in [3.63, 3.8) is 0 Å². The summed E-state index contributed by atoms with van der Waals surface area (Å²) in [6, 6.07) is 10.5. The second-order valence-electron chi connectivity index (χ2n) is 6.77. The van der Waals surface area contributed by atoms with E-state index in [1.165, 1.54) is 0 Å². The molecule has 1 aromatic heterocycles. The first kappa shape index (κ1) is 18.5. The summed E-state index contributed by atoms with van der Waals surface area (Å²) < 4.78 is 5.76. The van der Waals surface area contributed by atoms with Crippen molar-refractivity contribution in [1.29, 1.82) is 0 Å². The van der Waals surface area contributed by atoms with Crippen LogP contribution < -0.4 is 9.64 Å². The highest BCUT2D eigenvalue weighted by molar-refractivity contribution is 6.30. The zero-order valence-electron chi connectivity index (χ0n) is 15.2. The van der Waals surface area contributed by atoms with Gasteiger partial charge in [-0.25, -0.2) is 4.79 Å². The molecule has 1 atom stereocenters. The van der Waals surface area contributed by atoms with Crippen LogP contribution in [0.25, 0.3) is 0 Å². The van der Waals surface area contributed by atoms with Crippen LogP contribution in [0.15, 0.2) is 42.6 Å². The van der Waals surface area contributed by atoms with Gasteiger partial charge >= 0.3 is 6.03 Å². The number of benzene rings is 1. The molecular formula is C19H20ClN5O3. The maximum atomic E-state index is 12.7. The van der Waals surface area contributed by atoms with Gasteiger partial charge in [-0.3, -0.25) is 9.69 Å². The largest absolute Gasteiger partial charge is 0.471 e. The Kier molecular flexibility index (Phi) is 5.29. The minimum atomic E-state index is -0.179. The van der Waals surface area contributed by atoms with Gasteiger partial charge < -0.3 is 14.5 Å². The van der Waals surface area contributed by atoms with Gasteiger partial charge in [0, 0.05) is 49.0 Å². The average molecular weight is 402 g/mol. The van der Waals surface area contributed by atoms with Gasteiger partial charge in [0.05, 0.1) is 6.54 Å². The number of hydrogen-bond acceptors (Lipinski definition) is 5. The molecule has 3 heterocycles. The number of anilines is 1. The monoisotopic (exact) mass is 401 g/mol. The molecule has 9 heteroatoms. The number of carbonyl (C=O) groups is 2. The van der Waals surface area contributed by atoms with Crippen molar-refractivity contribution in [3.8, 4) is 5.88 Å². The number of urea groups is 1. The zero-order valence-corrected chi connectivity index (χ0v) is 16.0. The van der Waals surface area contributed by atoms with Crippen molar-refractivity contribution in [3.05, 3.63) is 47.6 Å². The van der Waals surface area contributed by atoms with Crippen LogP contribution in [0.4, 0.5) is 10.5 Å². The predicted octanol–water partition coefficient (Wildman–Crippen LogP) is 2.05. The molecule has 146 valence electrons. The molecule has 2 aromatic rings. The molecule has 2 saturated heterocycles. The molecule has 0 bridgehead atoms. The SMILES string of the molecule is O=C(CN1CCN(c2cccc(Cl)c2)C1=O)N1CCC(Oc2cccnn2)C1. The van der Waals surface area contributed by atoms with E-state index < -0.39 is 0 Å². The smallest absolute Gasteiger partial charge is 0.325 e. The van der Waals surface area contributed by atoms with Crippen LogP contribution in [-0.2, 0) is 4.79 Å². The fraction of sp³-hybridized carbons (Fsp3) is 0.368. The molecule has 0 N–H and O–H groups in total. The first-order chi connectivity index (χ1) is 13.6. The van der Waals surface area contributed by atoms with Gasteiger partial charge in [0.2, 0.25) is 11.8 Å². The highest BCUT2D eigenvalue weighted by atomic mass is 35.5. The Bertz CT molecular complexity index is 866. The lowest BCUT2D eigenvalue weighted by molar-refractivity contribution is -0.130. The number of carbonyl (C=O) groups excluding carboxylic acids is 2. The van der Waals surface area contributed by atoms with Crippen LogP contribution in [0.5, 0.6) is 5.88 Å². The molecule has 28 heavy (non-hydrogen) atoms. The third kappa shape index (κ3) is 4.01. The van der Waals surface area contributed by atoms with E-state index in [2.05, 4.69) is 10.2 Å². The van der Waals surface area contributed by atoms with Crippen molar-refractivity contribution in [2.24, 2.45) is 0 Å². The molecule has 4 rings (SSSR count). The molecule has 2 aliphatic rings. The van der Waals surface area contributed by atoms with Crippen molar-refractivity contribution >= 4 is 29.2 Å². The van der Waals surface area contributed by atoms with Crippen molar-refractivity contribution in [1.82, 2.24) is 20.0 Å². The number of nitrogens with zero attached hydrogens (tertiary/aromatic N) is 5. The average Bonchev–Trinajstić information content (AvgIpc) is 3.30. The maximum absolute atomic E-state index is 12.7. The first-order valence-electron chi connectivity index (χ1n) is 9.14. The van der Waals surface area contributed by atoms with Crippen LogP contribution in [0.1, 0.15) is 6.42 Å². The van der Waals surface area contributed by atoms with Gasteiger partial charge in [0.15, 0.2) is 0 Å². The molecule has 0 aliphatic carbocycles. The van der Waals surface area contributed by atoms with Gasteiger partial charge in [-0.15, -0.1) is 5.10 Å². The Labute approximate surface area is 167 Å². The van der Waals surface area contributed by atoms with Gasteiger partial charge in [-0.05, 0) is 24.3 Å². The molecule has 8 nitrogen and oxygen atoms in total. The lowest BCUT2D eigenvalue weighted by Gasteiger charge is -2.22. The van der Waals surface area contributed by atoms with Crippen LogP contribution in [0.3, 0.4) is 0 Å². The number of amides is 3. The second-order valence-corrected chi connectivity index (χ2v) is 7.20. The summed E-state index contributed by atoms with van der Waals surface area (Å²) in [6.45, 7) is 2.18. The van der Waals surface area contributed by atoms with E-state index in [4.69, 9.17) is 16.3 Å². The summed E-state index contributed by atoms with van der Waals surface area (Å²) in [6.07, 6.45) is 2.19. The summed E-state index contributed by atoms with van der Waals surface area (Å²) in [5.41, 5.74) is 0.742. The number of aromatic nitrogens is 2. The van der Waals surface area contributed by atoms with E-state index >= 15 is 0 Å². The van der Waals surface area contributed by atoms with Crippen LogP contribution >= 0.6 is 11.6 Å². The van der Waals surface area contributed by atoms with E-state index in [1.54, 1.807) is 51.2 Å². The highest BCUT2D eigenvalue weighted by Crippen LogP contribution is 2.24. The number of hydrogen-bond donors (Lipinski definition) is 0. The summed E-state index contributed by atoms with van der Waals surface area (Å²) in [7, 11) is 0. The fourth-order valence-electron chi connectivity index (χ4n) is 3.45. The quantitative estimate of drug-likeness (QED) is 0.766. The standard InChI is InChI=1S/C19H20ClN5O3/c20-14-3-1-4-15(11-14)25-10-9-24(19(25)27)13-18(26)23-8-6-16(12-23)28-17-5-2-7-21-22-17/h1-5,7,11,16H,6,8-10,12-13H2. The number of ether oxygens (including phenoxy) is 1. The predicted molar refractivity (Wildman–Crippen MR) is 103 cm³/mol. The molecule has 0 saturated carbocycles. The Morgan fingerprint density at radius 2 is 2.11 bits per heavy atom. The highest BCUT2D eigenvalue weighted by Gasteiger charge is 2.34. The molecule has 1 unspecified atom stereocenters. The topological polar surface area (TPSA) is 78.9 Å². The molecule has 2 aliphatic heterocycles. The molecular weight excluding hydrogens is 382 g/mol. The minimum Gasteiger partial charge on any atom is -0.471 e. The van der Waals surface area contributed by atoms with Crippen LogP contribution in [0.2, 0.25) is 5.02 Å². The number of likely N-dealkylation sites (tertiary alicyclic amines) is 1. The molecule has 3 amide bonds. The summed E-state index contributed by atoms with van der Waals surface area (Å²) in [4.78, 5) is 30.3. The number of rotatable bonds is 5. The third-order valence-corrected chi connectivity index (χ3v) is 5.11. The lowest BCUT2D eigenvalue weighted by Crippen LogP contribution is -2.42. The van der Waals surface area contributed by atoms with Gasteiger partial charge in [0.25, 0.3) is 0 Å². The first-order valence-corrected chi connectivity index (χ1v) is 9.52. The lowest BCUT2D eigenvalue weighted by atomic mass is 10.3. The molecule has 2 fully saturated rings. The molecule has 0 radical (unpaired) electrons. The normalized spacial score (nSPS) is 19.4. The third-order valence-electron chi connectivity index (χ3n) is 4.87. The number of halogens is 1. The Morgan fingerprint density at radius 1 is 1.21 bits per heavy atom. The van der Waals surface area contributed by atoms with E-state index in [9.17, 15) is 9.59 Å². The minimum absolute atomic E-state index is 0.0633. The van der Waals surface area contributed by atoms with Gasteiger partial charge in [-0.1, -0.05) is 17.7 Å². The van der Waals surface area contributed by atoms with Crippen molar-refractivity contribution < 1.29 is 14.3 Å². The summed E-state index contributed by atoms with van der Waals surface area (Å²) in [5.74, 6) is 0.375. The summed E-state index contributed by atoms with van der Waals surface area (Å²) >= 11 is 6.02. The Morgan fingerprint density at radius 3 is 2.89 bits per heavy atom. The van der Waals surface area contributed by atoms with Crippen LogP contribution in [0, 0.1) is 0 Å². The van der Waals surface area contributed by atoms with Crippen LogP contribution in [-0.4, -0.2) is 70.8 Å². The van der Waals surface area contributed by atoms with Gasteiger partial charge in [-0.2, -0.15) is 5.10 Å². The molecule has 1 aromatic carbocycles. The Hall–Kier alpha value is -2.87. The van der Waals surface area contributed by atoms with Crippen molar-refractivity contribution in [2.45, 2.75) is 12.5 Å². The van der Waals surface area contributed by atoms with E-state index in [0.29, 0.717) is 37.1 Å². The Balaban J connectivity index is 1.31. The van der Waals surface area contributed by atoms with Crippen molar-refractivity contribution in [2.75, 3.05) is 37.6 Å². The van der Waals surface area contributed by atoms with E-state index in [-0.39, 0.29) is 24.6 Å². The fourth-order valence-corrected chi connectivity index (χ4v) is 3.63. The maximum Gasteiger partial charge on any atom is 0.325 e. The second kappa shape index (κ2) is 8.02. The zero-order chi connectivity index (χ0) is 19.5. The van der Waals surface area contributed by atoms with E-state index in [1.807, 2.05) is 6.07 Å².